The monoisotopic (exact) mass is 1480 g/mol. The molecule has 46 nitrogen and oxygen atoms in total. The highest BCUT2D eigenvalue weighted by molar-refractivity contribution is 5.02. The van der Waals surface area contributed by atoms with Crippen molar-refractivity contribution in [1.29, 1.82) is 0 Å². The first-order chi connectivity index (χ1) is 47.5. The minimum Gasteiger partial charge on any atom is -0.394 e. The molecule has 0 aromatic rings. The van der Waals surface area contributed by atoms with Crippen molar-refractivity contribution in [3.8, 4) is 0 Å². The number of aliphatic hydroxyl groups is 29. The molecule has 45 atom stereocenters. The Balaban J connectivity index is 0.000000288. The van der Waals surface area contributed by atoms with Crippen LogP contribution < -0.4 is 0 Å². The van der Waals surface area contributed by atoms with Crippen LogP contribution >= 0.6 is 0 Å². The highest BCUT2D eigenvalue weighted by atomic mass is 16.8. The normalized spacial score (nSPS) is 54.4. The molecular formula is C54H92O46. The van der Waals surface area contributed by atoms with E-state index in [0.29, 0.717) is 0 Å². The summed E-state index contributed by atoms with van der Waals surface area (Å²) < 4.78 is 94.3. The Morgan fingerprint density at radius 1 is 0.170 bits per heavy atom. The molecule has 0 radical (unpaired) electrons. The van der Waals surface area contributed by atoms with Gasteiger partial charge in [0.15, 0.2) is 56.6 Å². The zero-order valence-corrected chi connectivity index (χ0v) is 52.3. The van der Waals surface area contributed by atoms with E-state index in [1.54, 1.807) is 0 Å². The average Bonchev–Trinajstić information content (AvgIpc) is 0.764. The first-order valence-electron chi connectivity index (χ1n) is 31.7. The first kappa shape index (κ1) is 82.2. The average molecular weight is 1480 g/mol. The fraction of sp³-hybridized carbons (Fsp3) is 1.00. The van der Waals surface area contributed by atoms with E-state index >= 15 is 0 Å². The fourth-order valence-electron chi connectivity index (χ4n) is 13.0. The molecule has 0 saturated carbocycles. The molecule has 25 heterocycles. The SMILES string of the molecule is OC[C@H]1OC(O[C@H]2[C@H](O)[C@@H](O)C(O[C@H]3[C@H](O)[C@@H](O)[C@@H](O)O[C@@H]3CO)O[C@@H]2CO)[C@H](O)[C@@H](O)[C@@H]1O.OC[C@H]1O[C@@H]2O[C@H]3[C@H](O)[C@@H](O)[C@@H](O[C@H]4[C@H](O)[C@@H](O)[C@@H](O[C@H]5[C@H](O)[C@@H](O)[C@@H](O[C@H]6[C@H](O)[C@@H](O)[C@@H](O[C@H]7[C@H](O)[C@@H](O)[C@@H](O[C@H]1[C@H](O)[C@H]2O)O[C@@H]7CO)O[C@@H]6CO)O[C@@H]5CO)O[C@@H]4CO)O[C@@H]3CO. The number of ether oxygens (including phenoxy) is 17. The van der Waals surface area contributed by atoms with Crippen LogP contribution in [0.1, 0.15) is 0 Å². The summed E-state index contributed by atoms with van der Waals surface area (Å²) in [7, 11) is 0. The van der Waals surface area contributed by atoms with Crippen molar-refractivity contribution in [2.75, 3.05) is 59.5 Å². The molecule has 25 saturated heterocycles. The lowest BCUT2D eigenvalue weighted by atomic mass is 9.94. The summed E-state index contributed by atoms with van der Waals surface area (Å²) in [6.07, 6.45) is -83.6. The maximum absolute atomic E-state index is 11.2. The van der Waals surface area contributed by atoms with Gasteiger partial charge in [-0.15, -0.1) is 0 Å². The van der Waals surface area contributed by atoms with E-state index in [4.69, 9.17) is 80.5 Å². The van der Waals surface area contributed by atoms with E-state index < -0.39 is 336 Å². The molecule has 100 heavy (non-hydrogen) atoms. The zero-order valence-electron chi connectivity index (χ0n) is 52.3. The van der Waals surface area contributed by atoms with Crippen molar-refractivity contribution in [3.05, 3.63) is 0 Å². The zero-order chi connectivity index (χ0) is 73.4. The lowest BCUT2D eigenvalue weighted by Crippen LogP contribution is -2.69. The van der Waals surface area contributed by atoms with Gasteiger partial charge in [0.25, 0.3) is 0 Å². The maximum atomic E-state index is 11.2. The number of hydrogen-bond acceptors (Lipinski definition) is 46. The van der Waals surface area contributed by atoms with E-state index in [-0.39, 0.29) is 0 Å². The van der Waals surface area contributed by atoms with Crippen LogP contribution in [0, 0.1) is 0 Å². The number of aliphatic hydroxyl groups excluding tert-OH is 29. The summed E-state index contributed by atoms with van der Waals surface area (Å²) >= 11 is 0. The Hall–Kier alpha value is -1.84. The smallest absolute Gasteiger partial charge is 0.187 e. The Labute approximate surface area is 563 Å². The predicted molar refractivity (Wildman–Crippen MR) is 297 cm³/mol. The summed E-state index contributed by atoms with van der Waals surface area (Å²) in [5.74, 6) is 0. The topological polar surface area (TPSA) is 744 Å². The summed E-state index contributed by atoms with van der Waals surface area (Å²) in [6, 6.07) is 0. The summed E-state index contributed by atoms with van der Waals surface area (Å²) in [5, 5.41) is 305. The standard InChI is InChI=1S/C36H60O30.C18H32O16/c37-1-7-25-13(43)19(49)31(55-7)62-26-8(2-38)57-33(21(51)15(26)45)64-28-10(4-40)59-35(23(53)17(28)47)66-30-12(6-42)60-36(24(54)18(30)48)65-29-11(5-41)58-34(22(52)16(29)46)63-27-9(3-39)56-32(61-25)20(50)14(27)44;19-1-4-7(22)8(23)12(27)17(31-4)34-15-6(3-21)32-18(13(28)10(15)25)33-14-5(2-20)30-16(29)11(26)9(14)24/h7-54H,1-6H2;4-29H,1-3H2/t7-,8-,9-,10-,11-,12-,13-,14-,15-,16-,17-,18-,19-,20-,21-,22-,23-,24-,25-,26-,27-,28-,29-,30-,31-,32-,33-,34-,35-,36-;4-,5-,6-,7-,8+,9-,10-,11-,12-,13-,14-,15-,16+,17?,18?/m11/s1. The number of rotatable bonds is 13. The molecule has 0 aliphatic carbocycles. The summed E-state index contributed by atoms with van der Waals surface area (Å²) in [5.41, 5.74) is 0. The Morgan fingerprint density at radius 3 is 0.620 bits per heavy atom. The van der Waals surface area contributed by atoms with Crippen LogP contribution in [0.15, 0.2) is 0 Å². The minimum absolute atomic E-state index is 0.741. The van der Waals surface area contributed by atoms with Crippen molar-refractivity contribution < 1.29 is 229 Å². The van der Waals surface area contributed by atoms with Crippen molar-refractivity contribution in [2.24, 2.45) is 0 Å². The molecule has 0 aromatic carbocycles. The van der Waals surface area contributed by atoms with Gasteiger partial charge in [0, 0.05) is 0 Å². The van der Waals surface area contributed by atoms with Gasteiger partial charge >= 0.3 is 0 Å². The molecule has 46 heteroatoms. The molecule has 25 aliphatic rings. The summed E-state index contributed by atoms with van der Waals surface area (Å²) in [4.78, 5) is 0. The van der Waals surface area contributed by atoms with E-state index in [1.807, 2.05) is 0 Å². The van der Waals surface area contributed by atoms with Gasteiger partial charge in [-0.1, -0.05) is 0 Å². The molecule has 29 N–H and O–H groups in total. The van der Waals surface area contributed by atoms with Gasteiger partial charge in [0.2, 0.25) is 0 Å². The number of hydrogen-bond donors (Lipinski definition) is 29. The Kier molecular flexibility index (Phi) is 29.2. The molecule has 0 aromatic heterocycles. The van der Waals surface area contributed by atoms with E-state index in [9.17, 15) is 148 Å². The van der Waals surface area contributed by atoms with Crippen LogP contribution in [-0.4, -0.2) is 484 Å². The highest BCUT2D eigenvalue weighted by Gasteiger charge is 2.60. The maximum Gasteiger partial charge on any atom is 0.187 e. The second kappa shape index (κ2) is 35.5. The molecule has 2 unspecified atom stereocenters. The second-order valence-electron chi connectivity index (χ2n) is 25.2. The van der Waals surface area contributed by atoms with Crippen LogP contribution in [0.5, 0.6) is 0 Å². The first-order valence-corrected chi connectivity index (χ1v) is 31.7. The van der Waals surface area contributed by atoms with Crippen molar-refractivity contribution in [2.45, 2.75) is 276 Å². The molecule has 25 aliphatic heterocycles. The predicted octanol–water partition coefficient (Wildman–Crippen LogP) is -20.6. The van der Waals surface area contributed by atoms with E-state index in [0.717, 1.165) is 0 Å². The van der Waals surface area contributed by atoms with Gasteiger partial charge in [-0.05, 0) is 0 Å². The van der Waals surface area contributed by atoms with Gasteiger partial charge in [0.1, 0.15) is 220 Å². The van der Waals surface area contributed by atoms with Crippen molar-refractivity contribution in [1.82, 2.24) is 0 Å². The Bertz CT molecular complexity index is 2160. The van der Waals surface area contributed by atoms with Crippen LogP contribution in [0.3, 0.4) is 0 Å². The van der Waals surface area contributed by atoms with Crippen LogP contribution in [-0.2, 0) is 80.5 Å². The quantitative estimate of drug-likeness (QED) is 0.0814. The highest BCUT2D eigenvalue weighted by Crippen LogP contribution is 2.40. The van der Waals surface area contributed by atoms with Gasteiger partial charge in [-0.2, -0.15) is 0 Å². The molecule has 0 spiro atoms. The molecular weight excluding hydrogens is 1380 g/mol. The van der Waals surface area contributed by atoms with Crippen molar-refractivity contribution in [3.63, 3.8) is 0 Å². The van der Waals surface area contributed by atoms with Crippen LogP contribution in [0.2, 0.25) is 0 Å². The van der Waals surface area contributed by atoms with E-state index in [1.165, 1.54) is 0 Å². The van der Waals surface area contributed by atoms with Gasteiger partial charge in [-0.3, -0.25) is 0 Å². The third-order valence-electron chi connectivity index (χ3n) is 18.8. The van der Waals surface area contributed by atoms with Gasteiger partial charge in [0.05, 0.1) is 59.5 Å². The van der Waals surface area contributed by atoms with Crippen molar-refractivity contribution >= 4 is 0 Å². The largest absolute Gasteiger partial charge is 0.394 e. The minimum atomic E-state index is -2.15. The van der Waals surface area contributed by atoms with Gasteiger partial charge < -0.3 is 229 Å². The third kappa shape index (κ3) is 16.7. The molecule has 0 amide bonds. The molecule has 25 rings (SSSR count). The third-order valence-corrected chi connectivity index (χ3v) is 18.8. The lowest BCUT2D eigenvalue weighted by Gasteiger charge is -2.50. The summed E-state index contributed by atoms with van der Waals surface area (Å²) in [6.45, 7) is -8.31. The fourth-order valence-corrected chi connectivity index (χ4v) is 13.0. The molecule has 584 valence electrons. The van der Waals surface area contributed by atoms with Crippen LogP contribution in [0.25, 0.3) is 0 Å². The van der Waals surface area contributed by atoms with E-state index in [2.05, 4.69) is 0 Å². The Morgan fingerprint density at radius 2 is 0.380 bits per heavy atom. The molecule has 25 fully saturated rings. The van der Waals surface area contributed by atoms with Crippen LogP contribution in [0.4, 0.5) is 0 Å². The second-order valence-corrected chi connectivity index (χ2v) is 25.2. The van der Waals surface area contributed by atoms with Gasteiger partial charge in [-0.25, -0.2) is 0 Å². The molecule has 12 bridgehead atoms. The lowest BCUT2D eigenvalue weighted by molar-refractivity contribution is -0.404.